The van der Waals surface area contributed by atoms with Crippen LogP contribution in [-0.2, 0) is 38.4 Å². The van der Waals surface area contributed by atoms with Crippen molar-refractivity contribution in [2.24, 2.45) is 11.1 Å². The number of carbonyl (C=O) groups excluding carboxylic acids is 7. The van der Waals surface area contributed by atoms with Crippen molar-refractivity contribution in [2.45, 2.75) is 63.8 Å². The van der Waals surface area contributed by atoms with Gasteiger partial charge < -0.3 is 42.5 Å². The zero-order valence-corrected chi connectivity index (χ0v) is 29.6. The monoisotopic (exact) mass is 751 g/mol. The number of hydrogen-bond donors (Lipinski definition) is 8. The van der Waals surface area contributed by atoms with E-state index in [0.717, 1.165) is 17.1 Å². The molecule has 54 heavy (non-hydrogen) atoms. The lowest BCUT2D eigenvalue weighted by molar-refractivity contribution is -0.151. The molecular weight excluding hydrogens is 706 g/mol. The first kappa shape index (κ1) is 42.1. The fourth-order valence-electron chi connectivity index (χ4n) is 5.66. The number of carboxylic acids is 2. The number of primary amides is 1. The minimum atomic E-state index is -1.38. The van der Waals surface area contributed by atoms with E-state index >= 15 is 0 Å². The number of carboxylic acid groups (broad SMARTS) is 2. The maximum absolute atomic E-state index is 13.6. The van der Waals surface area contributed by atoms with Crippen molar-refractivity contribution >= 4 is 71.3 Å². The predicted molar refractivity (Wildman–Crippen MR) is 194 cm³/mol. The van der Waals surface area contributed by atoms with Gasteiger partial charge in [0.25, 0.3) is 11.8 Å². The third kappa shape index (κ3) is 13.0. The van der Waals surface area contributed by atoms with Crippen molar-refractivity contribution in [3.63, 3.8) is 0 Å². The Labute approximate surface area is 310 Å². The minimum absolute atomic E-state index is 0.0647. The summed E-state index contributed by atoms with van der Waals surface area (Å²) in [6, 6.07) is 2.59. The summed E-state index contributed by atoms with van der Waals surface area (Å²) in [6.07, 6.45) is 9.69. The SMILES string of the molecule is NC(=O)NCCC[C@H](NC(=O)C1(C(=O)NCCCCCN2C(=O)C=CC2=O)CCC1)C(=O)NCCC(=O)Nc1cc(C=CC(=O)O)ccc1C=CC(=O)O. The van der Waals surface area contributed by atoms with Crippen LogP contribution in [0, 0.1) is 5.41 Å². The minimum Gasteiger partial charge on any atom is -0.478 e. The smallest absolute Gasteiger partial charge is 0.328 e. The van der Waals surface area contributed by atoms with Gasteiger partial charge in [-0.15, -0.1) is 0 Å². The summed E-state index contributed by atoms with van der Waals surface area (Å²) < 4.78 is 0. The number of anilines is 1. The maximum Gasteiger partial charge on any atom is 0.328 e. The second-order valence-electron chi connectivity index (χ2n) is 12.7. The van der Waals surface area contributed by atoms with Crippen LogP contribution < -0.4 is 32.3 Å². The van der Waals surface area contributed by atoms with Crippen molar-refractivity contribution in [3.05, 3.63) is 53.6 Å². The molecule has 1 atom stereocenters. The number of nitrogens with zero attached hydrogens (tertiary/aromatic N) is 1. The average Bonchev–Trinajstić information content (AvgIpc) is 3.41. The first-order valence-electron chi connectivity index (χ1n) is 17.4. The van der Waals surface area contributed by atoms with Gasteiger partial charge in [0, 0.05) is 62.6 Å². The van der Waals surface area contributed by atoms with Crippen molar-refractivity contribution < 1.29 is 53.4 Å². The topological polar surface area (TPSA) is 284 Å². The van der Waals surface area contributed by atoms with Crippen molar-refractivity contribution in [3.8, 4) is 0 Å². The summed E-state index contributed by atoms with van der Waals surface area (Å²) in [4.78, 5) is 111. The number of aliphatic carboxylic acids is 2. The molecular formula is C36H45N7O11. The molecule has 3 rings (SSSR count). The number of imide groups is 1. The number of nitrogens with one attached hydrogen (secondary N) is 5. The van der Waals surface area contributed by atoms with Crippen molar-refractivity contribution in [1.82, 2.24) is 26.2 Å². The Kier molecular flexibility index (Phi) is 16.1. The number of amides is 8. The highest BCUT2D eigenvalue weighted by atomic mass is 16.4. The van der Waals surface area contributed by atoms with Gasteiger partial charge in [-0.25, -0.2) is 14.4 Å². The zero-order valence-electron chi connectivity index (χ0n) is 29.6. The van der Waals surface area contributed by atoms with Gasteiger partial charge in [-0.2, -0.15) is 0 Å². The standard InChI is InChI=1S/C36H45N7O11/c37-35(54)40-19-4-6-25(42-34(53)36(16-5-17-36)33(52)39-18-2-1-3-21-43-28(45)11-12-29(43)46)32(51)38-20-15-27(44)41-26-22-23(8-13-30(47)48)7-9-24(26)10-14-31(49)50/h7-14,22,25H,1-6,15-21H2,(H,38,51)(H,39,52)(H,41,44)(H,42,53)(H,47,48)(H,49,50)(H3,37,40,54)/t25-/m0/s1. The summed E-state index contributed by atoms with van der Waals surface area (Å²) in [5, 5.41) is 31.1. The summed E-state index contributed by atoms with van der Waals surface area (Å²) in [7, 11) is 0. The van der Waals surface area contributed by atoms with Crippen LogP contribution in [0.1, 0.15) is 68.9 Å². The molecule has 2 aliphatic rings. The van der Waals surface area contributed by atoms with E-state index < -0.39 is 53.1 Å². The lowest BCUT2D eigenvalue weighted by Gasteiger charge is -2.39. The molecule has 1 heterocycles. The van der Waals surface area contributed by atoms with Crippen LogP contribution >= 0.6 is 0 Å². The lowest BCUT2D eigenvalue weighted by Crippen LogP contribution is -2.59. The number of hydrogen-bond acceptors (Lipinski definition) is 9. The molecule has 8 amide bonds. The number of rotatable bonds is 22. The zero-order chi connectivity index (χ0) is 39.7. The lowest BCUT2D eigenvalue weighted by atomic mass is 9.67. The number of carbonyl (C=O) groups is 9. The van der Waals surface area contributed by atoms with E-state index in [1.54, 1.807) is 0 Å². The molecule has 290 valence electrons. The van der Waals surface area contributed by atoms with Crippen LogP contribution in [0.15, 0.2) is 42.5 Å². The van der Waals surface area contributed by atoms with Crippen LogP contribution in [0.5, 0.6) is 0 Å². The van der Waals surface area contributed by atoms with Crippen LogP contribution in [0.25, 0.3) is 12.2 Å². The van der Waals surface area contributed by atoms with Crippen LogP contribution in [0.2, 0.25) is 0 Å². The Morgan fingerprint density at radius 3 is 2.11 bits per heavy atom. The number of urea groups is 1. The summed E-state index contributed by atoms with van der Waals surface area (Å²) in [5.41, 5.74) is 4.68. The van der Waals surface area contributed by atoms with E-state index in [9.17, 15) is 43.2 Å². The molecule has 0 radical (unpaired) electrons. The summed E-state index contributed by atoms with van der Waals surface area (Å²) in [5.74, 6) is -5.45. The molecule has 1 aliphatic heterocycles. The largest absolute Gasteiger partial charge is 0.478 e. The fraction of sp³-hybridized carbons (Fsp3) is 0.417. The van der Waals surface area contributed by atoms with Crippen LogP contribution in [-0.4, -0.2) is 101 Å². The summed E-state index contributed by atoms with van der Waals surface area (Å²) in [6.45, 7) is 0.471. The van der Waals surface area contributed by atoms with Gasteiger partial charge in [0.15, 0.2) is 0 Å². The predicted octanol–water partition coefficient (Wildman–Crippen LogP) is 0.642. The third-order valence-corrected chi connectivity index (χ3v) is 8.74. The molecule has 9 N–H and O–H groups in total. The molecule has 1 fully saturated rings. The van der Waals surface area contributed by atoms with Gasteiger partial charge in [0.2, 0.25) is 23.6 Å². The Hall–Kier alpha value is -6.33. The molecule has 0 bridgehead atoms. The van der Waals surface area contributed by atoms with Gasteiger partial charge in [0.1, 0.15) is 11.5 Å². The highest BCUT2D eigenvalue weighted by molar-refractivity contribution is 6.12. The first-order valence-corrected chi connectivity index (χ1v) is 17.4. The van der Waals surface area contributed by atoms with E-state index in [0.29, 0.717) is 36.8 Å². The molecule has 1 aromatic carbocycles. The van der Waals surface area contributed by atoms with Crippen molar-refractivity contribution in [2.75, 3.05) is 31.5 Å². The molecule has 0 saturated heterocycles. The van der Waals surface area contributed by atoms with Gasteiger partial charge >= 0.3 is 18.0 Å². The molecule has 1 saturated carbocycles. The molecule has 1 aliphatic carbocycles. The fourth-order valence-corrected chi connectivity index (χ4v) is 5.66. The number of unbranched alkanes of at least 4 members (excludes halogenated alkanes) is 2. The van der Waals surface area contributed by atoms with Crippen LogP contribution in [0.4, 0.5) is 10.5 Å². The Morgan fingerprint density at radius 2 is 1.48 bits per heavy atom. The maximum atomic E-state index is 13.6. The van der Waals surface area contributed by atoms with Gasteiger partial charge in [-0.1, -0.05) is 18.6 Å². The average molecular weight is 752 g/mol. The molecule has 0 spiro atoms. The molecule has 0 unspecified atom stereocenters. The number of benzene rings is 1. The highest BCUT2D eigenvalue weighted by Crippen LogP contribution is 2.41. The highest BCUT2D eigenvalue weighted by Gasteiger charge is 2.51. The first-order chi connectivity index (χ1) is 25.7. The summed E-state index contributed by atoms with van der Waals surface area (Å²) >= 11 is 0. The number of nitrogens with two attached hydrogens (primary N) is 1. The molecule has 18 heteroatoms. The Bertz CT molecular complexity index is 1700. The van der Waals surface area contributed by atoms with Gasteiger partial charge in [-0.3, -0.25) is 33.7 Å². The second-order valence-corrected chi connectivity index (χ2v) is 12.7. The van der Waals surface area contributed by atoms with E-state index in [1.807, 2.05) is 0 Å². The van der Waals surface area contributed by atoms with Gasteiger partial charge in [0.05, 0.1) is 0 Å². The Balaban J connectivity index is 1.57. The molecule has 18 nitrogen and oxygen atoms in total. The van der Waals surface area contributed by atoms with Gasteiger partial charge in [-0.05, 0) is 74.3 Å². The molecule has 0 aromatic heterocycles. The van der Waals surface area contributed by atoms with E-state index in [2.05, 4.69) is 26.6 Å². The third-order valence-electron chi connectivity index (χ3n) is 8.74. The van der Waals surface area contributed by atoms with Crippen molar-refractivity contribution in [1.29, 1.82) is 0 Å². The van der Waals surface area contributed by atoms with E-state index in [-0.39, 0.29) is 75.8 Å². The van der Waals surface area contributed by atoms with E-state index in [1.165, 1.54) is 42.5 Å². The second kappa shape index (κ2) is 20.6. The molecule has 1 aromatic rings. The normalized spacial score (nSPS) is 15.1. The quantitative estimate of drug-likeness (QED) is 0.0352. The Morgan fingerprint density at radius 1 is 0.815 bits per heavy atom. The van der Waals surface area contributed by atoms with E-state index in [4.69, 9.17) is 15.9 Å². The van der Waals surface area contributed by atoms with Crippen LogP contribution in [0.3, 0.4) is 0 Å².